The molecule has 2 unspecified atom stereocenters. The number of hydrogen-bond acceptors (Lipinski definition) is 3. The molecule has 3 amide bonds. The van der Waals surface area contributed by atoms with Crippen molar-refractivity contribution in [2.45, 2.75) is 39.5 Å². The topological polar surface area (TPSA) is 78.7 Å². The second-order valence-electron chi connectivity index (χ2n) is 7.47. The Morgan fingerprint density at radius 3 is 2.52 bits per heavy atom. The first-order valence-electron chi connectivity index (χ1n) is 9.00. The van der Waals surface area contributed by atoms with Crippen LogP contribution in [0.5, 0.6) is 0 Å². The predicted molar refractivity (Wildman–Crippen MR) is 90.9 cm³/mol. The maximum absolute atomic E-state index is 12.4. The van der Waals surface area contributed by atoms with Gasteiger partial charge in [-0.2, -0.15) is 0 Å². The number of nitrogens with one attached hydrogen (secondary N) is 1. The van der Waals surface area contributed by atoms with Gasteiger partial charge in [0.2, 0.25) is 5.91 Å². The van der Waals surface area contributed by atoms with Gasteiger partial charge in [0, 0.05) is 39.1 Å². The standard InChI is InChI=1S/C17H32N4O2/c1-13(2)10-19-17(23)21-6-3-4-14(11-21)8-16(22)20-7-5-15(9-18)12-20/h13-15H,3-12,18H2,1-2H3,(H,19,23). The zero-order valence-corrected chi connectivity index (χ0v) is 14.6. The minimum atomic E-state index is 0.0141. The van der Waals surface area contributed by atoms with Crippen LogP contribution in [0.15, 0.2) is 0 Å². The van der Waals surface area contributed by atoms with Gasteiger partial charge in [-0.15, -0.1) is 0 Å². The minimum absolute atomic E-state index is 0.0141. The van der Waals surface area contributed by atoms with Crippen LogP contribution in [0.25, 0.3) is 0 Å². The lowest BCUT2D eigenvalue weighted by atomic mass is 9.94. The Kier molecular flexibility index (Phi) is 6.69. The largest absolute Gasteiger partial charge is 0.342 e. The molecule has 2 atom stereocenters. The van der Waals surface area contributed by atoms with E-state index in [1.807, 2.05) is 9.80 Å². The fourth-order valence-electron chi connectivity index (χ4n) is 3.45. The number of likely N-dealkylation sites (tertiary alicyclic amines) is 2. The number of carbonyl (C=O) groups is 2. The molecule has 2 rings (SSSR count). The van der Waals surface area contributed by atoms with Crippen molar-refractivity contribution in [3.8, 4) is 0 Å². The van der Waals surface area contributed by atoms with Crippen molar-refractivity contribution < 1.29 is 9.59 Å². The molecule has 2 aliphatic heterocycles. The zero-order chi connectivity index (χ0) is 16.8. The SMILES string of the molecule is CC(C)CNC(=O)N1CCCC(CC(=O)N2CCC(CN)C2)C1. The van der Waals surface area contributed by atoms with E-state index < -0.39 is 0 Å². The Morgan fingerprint density at radius 1 is 1.13 bits per heavy atom. The van der Waals surface area contributed by atoms with E-state index >= 15 is 0 Å². The van der Waals surface area contributed by atoms with E-state index in [9.17, 15) is 9.59 Å². The van der Waals surface area contributed by atoms with Gasteiger partial charge >= 0.3 is 6.03 Å². The molecule has 0 aromatic carbocycles. The van der Waals surface area contributed by atoms with Gasteiger partial charge in [0.1, 0.15) is 0 Å². The van der Waals surface area contributed by atoms with Gasteiger partial charge < -0.3 is 20.9 Å². The second-order valence-corrected chi connectivity index (χ2v) is 7.47. The third-order valence-electron chi connectivity index (χ3n) is 4.90. The highest BCUT2D eigenvalue weighted by Crippen LogP contribution is 2.23. The molecule has 0 radical (unpaired) electrons. The Morgan fingerprint density at radius 2 is 1.87 bits per heavy atom. The quantitative estimate of drug-likeness (QED) is 0.799. The number of rotatable bonds is 5. The first-order valence-corrected chi connectivity index (χ1v) is 9.00. The van der Waals surface area contributed by atoms with Crippen LogP contribution in [-0.4, -0.2) is 61.0 Å². The maximum Gasteiger partial charge on any atom is 0.317 e. The van der Waals surface area contributed by atoms with Crippen LogP contribution in [0.2, 0.25) is 0 Å². The summed E-state index contributed by atoms with van der Waals surface area (Å²) in [5, 5.41) is 2.97. The minimum Gasteiger partial charge on any atom is -0.342 e. The van der Waals surface area contributed by atoms with E-state index in [2.05, 4.69) is 19.2 Å². The summed E-state index contributed by atoms with van der Waals surface area (Å²) >= 11 is 0. The maximum atomic E-state index is 12.4. The van der Waals surface area contributed by atoms with Gasteiger partial charge in [0.15, 0.2) is 0 Å². The molecule has 2 fully saturated rings. The van der Waals surface area contributed by atoms with Crippen LogP contribution in [0, 0.1) is 17.8 Å². The predicted octanol–water partition coefficient (Wildman–Crippen LogP) is 1.26. The van der Waals surface area contributed by atoms with Crippen molar-refractivity contribution >= 4 is 11.9 Å². The number of nitrogens with zero attached hydrogens (tertiary/aromatic N) is 2. The molecule has 0 aliphatic carbocycles. The van der Waals surface area contributed by atoms with E-state index in [-0.39, 0.29) is 17.9 Å². The van der Waals surface area contributed by atoms with Crippen molar-refractivity contribution in [2.75, 3.05) is 39.3 Å². The van der Waals surface area contributed by atoms with E-state index in [0.717, 1.165) is 38.9 Å². The molecule has 2 heterocycles. The smallest absolute Gasteiger partial charge is 0.317 e. The number of nitrogens with two attached hydrogens (primary N) is 1. The molecule has 132 valence electrons. The molecule has 23 heavy (non-hydrogen) atoms. The summed E-state index contributed by atoms with van der Waals surface area (Å²) in [7, 11) is 0. The molecule has 0 bridgehead atoms. The lowest BCUT2D eigenvalue weighted by Crippen LogP contribution is -2.47. The van der Waals surface area contributed by atoms with Crippen LogP contribution in [-0.2, 0) is 4.79 Å². The second kappa shape index (κ2) is 8.52. The lowest BCUT2D eigenvalue weighted by Gasteiger charge is -2.33. The van der Waals surface area contributed by atoms with Gasteiger partial charge in [-0.05, 0) is 43.6 Å². The molecule has 0 aromatic heterocycles. The van der Waals surface area contributed by atoms with E-state index in [0.29, 0.717) is 37.9 Å². The molecule has 2 saturated heterocycles. The summed E-state index contributed by atoms with van der Waals surface area (Å²) in [5.74, 6) is 1.43. The van der Waals surface area contributed by atoms with Gasteiger partial charge in [-0.1, -0.05) is 13.8 Å². The average Bonchev–Trinajstić information content (AvgIpc) is 3.02. The molecule has 6 nitrogen and oxygen atoms in total. The average molecular weight is 324 g/mol. The Bertz CT molecular complexity index is 413. The third kappa shape index (κ3) is 5.37. The molecule has 0 spiro atoms. The van der Waals surface area contributed by atoms with E-state index in [1.54, 1.807) is 0 Å². The summed E-state index contributed by atoms with van der Waals surface area (Å²) in [6, 6.07) is 0.0141. The first-order chi connectivity index (χ1) is 11.0. The number of carbonyl (C=O) groups excluding carboxylic acids is 2. The number of hydrogen-bond donors (Lipinski definition) is 2. The number of piperidine rings is 1. The zero-order valence-electron chi connectivity index (χ0n) is 14.6. The molecule has 0 saturated carbocycles. The fraction of sp³-hybridized carbons (Fsp3) is 0.882. The van der Waals surface area contributed by atoms with Crippen LogP contribution in [0.4, 0.5) is 4.79 Å². The van der Waals surface area contributed by atoms with Crippen molar-refractivity contribution in [1.82, 2.24) is 15.1 Å². The summed E-state index contributed by atoms with van der Waals surface area (Å²) in [5.41, 5.74) is 5.69. The van der Waals surface area contributed by atoms with Gasteiger partial charge in [-0.25, -0.2) is 4.79 Å². The number of urea groups is 1. The van der Waals surface area contributed by atoms with E-state index in [1.165, 1.54) is 0 Å². The summed E-state index contributed by atoms with van der Waals surface area (Å²) in [6.45, 7) is 8.68. The number of amides is 3. The molecule has 6 heteroatoms. The first kappa shape index (κ1) is 18.0. The monoisotopic (exact) mass is 324 g/mol. The normalized spacial score (nSPS) is 25.0. The summed E-state index contributed by atoms with van der Waals surface area (Å²) < 4.78 is 0. The molecule has 2 aliphatic rings. The van der Waals surface area contributed by atoms with Crippen LogP contribution >= 0.6 is 0 Å². The van der Waals surface area contributed by atoms with Gasteiger partial charge in [0.05, 0.1) is 0 Å². The molecule has 0 aromatic rings. The van der Waals surface area contributed by atoms with Crippen LogP contribution < -0.4 is 11.1 Å². The molecular formula is C17H32N4O2. The summed E-state index contributed by atoms with van der Waals surface area (Å²) in [6.07, 6.45) is 3.61. The van der Waals surface area contributed by atoms with Crippen molar-refractivity contribution in [1.29, 1.82) is 0 Å². The summed E-state index contributed by atoms with van der Waals surface area (Å²) in [4.78, 5) is 28.4. The molecule has 3 N–H and O–H groups in total. The van der Waals surface area contributed by atoms with Gasteiger partial charge in [-0.3, -0.25) is 4.79 Å². The van der Waals surface area contributed by atoms with E-state index in [4.69, 9.17) is 5.73 Å². The molecular weight excluding hydrogens is 292 g/mol. The Balaban J connectivity index is 1.77. The van der Waals surface area contributed by atoms with Crippen molar-refractivity contribution in [3.05, 3.63) is 0 Å². The van der Waals surface area contributed by atoms with Crippen molar-refractivity contribution in [3.63, 3.8) is 0 Å². The highest BCUT2D eigenvalue weighted by molar-refractivity contribution is 5.77. The van der Waals surface area contributed by atoms with Crippen molar-refractivity contribution in [2.24, 2.45) is 23.5 Å². The lowest BCUT2D eigenvalue weighted by molar-refractivity contribution is -0.131. The fourth-order valence-corrected chi connectivity index (χ4v) is 3.45. The van der Waals surface area contributed by atoms with Crippen LogP contribution in [0.3, 0.4) is 0 Å². The highest BCUT2D eigenvalue weighted by atomic mass is 16.2. The van der Waals surface area contributed by atoms with Crippen LogP contribution in [0.1, 0.15) is 39.5 Å². The highest BCUT2D eigenvalue weighted by Gasteiger charge is 2.29. The Labute approximate surface area is 139 Å². The third-order valence-corrected chi connectivity index (χ3v) is 4.90. The Hall–Kier alpha value is -1.30. The van der Waals surface area contributed by atoms with Gasteiger partial charge in [0.25, 0.3) is 0 Å².